The first kappa shape index (κ1) is 9.79. The lowest BCUT2D eigenvalue weighted by atomic mass is 10.3. The minimum absolute atomic E-state index is 0.281. The van der Waals surface area contributed by atoms with Gasteiger partial charge in [0.2, 0.25) is 0 Å². The average molecular weight is 235 g/mol. The zero-order valence-electron chi connectivity index (χ0n) is 6.67. The highest BCUT2D eigenvalue weighted by Gasteiger charge is 2.15. The van der Waals surface area contributed by atoms with Crippen LogP contribution in [0.25, 0.3) is 10.2 Å². The molecule has 1 nitrogen and oxygen atoms in total. The third kappa shape index (κ3) is 1.59. The van der Waals surface area contributed by atoms with Gasteiger partial charge in [0.05, 0.1) is 10.2 Å². The molecule has 14 heavy (non-hydrogen) atoms. The Labute approximate surface area is 87.0 Å². The molecule has 0 fully saturated rings. The number of halogens is 3. The summed E-state index contributed by atoms with van der Waals surface area (Å²) in [5.41, 5.74) is 0.329. The SMILES string of the molecule is Fc1cc(S)c2nc(C(F)F)sc2c1. The summed E-state index contributed by atoms with van der Waals surface area (Å²) in [6, 6.07) is 2.33. The van der Waals surface area contributed by atoms with Crippen molar-refractivity contribution >= 4 is 34.2 Å². The van der Waals surface area contributed by atoms with Crippen molar-refractivity contribution in [3.63, 3.8) is 0 Å². The van der Waals surface area contributed by atoms with Gasteiger partial charge in [0.25, 0.3) is 6.43 Å². The van der Waals surface area contributed by atoms with Crippen LogP contribution in [-0.2, 0) is 0 Å². The van der Waals surface area contributed by atoms with Crippen molar-refractivity contribution in [1.82, 2.24) is 4.98 Å². The van der Waals surface area contributed by atoms with E-state index in [4.69, 9.17) is 0 Å². The minimum Gasteiger partial charge on any atom is -0.234 e. The maximum atomic E-state index is 12.9. The third-order valence-electron chi connectivity index (χ3n) is 1.64. The summed E-state index contributed by atoms with van der Waals surface area (Å²) in [7, 11) is 0. The van der Waals surface area contributed by atoms with Crippen LogP contribution in [0.1, 0.15) is 11.4 Å². The molecule has 2 aromatic rings. The molecule has 74 valence electrons. The van der Waals surface area contributed by atoms with Crippen molar-refractivity contribution in [1.29, 1.82) is 0 Å². The van der Waals surface area contributed by atoms with Crippen LogP contribution < -0.4 is 0 Å². The molecule has 0 saturated carbocycles. The molecule has 1 heterocycles. The Bertz CT molecular complexity index is 481. The second-order valence-corrected chi connectivity index (χ2v) is 4.17. The van der Waals surface area contributed by atoms with Crippen LogP contribution in [0.3, 0.4) is 0 Å². The maximum Gasteiger partial charge on any atom is 0.289 e. The molecule has 1 aromatic heterocycles. The summed E-state index contributed by atoms with van der Waals surface area (Å²) in [6.07, 6.45) is -2.62. The quantitative estimate of drug-likeness (QED) is 0.744. The predicted molar refractivity (Wildman–Crippen MR) is 51.8 cm³/mol. The van der Waals surface area contributed by atoms with E-state index in [1.54, 1.807) is 0 Å². The number of hydrogen-bond donors (Lipinski definition) is 1. The first-order valence-electron chi connectivity index (χ1n) is 3.65. The van der Waals surface area contributed by atoms with E-state index >= 15 is 0 Å². The number of fused-ring (bicyclic) bond motifs is 1. The molecule has 0 amide bonds. The zero-order chi connectivity index (χ0) is 10.3. The first-order valence-corrected chi connectivity index (χ1v) is 4.91. The molecule has 0 N–H and O–H groups in total. The molecule has 0 unspecified atom stereocenters. The molecule has 6 heteroatoms. The van der Waals surface area contributed by atoms with Crippen LogP contribution in [0.4, 0.5) is 13.2 Å². The van der Waals surface area contributed by atoms with Gasteiger partial charge in [-0.2, -0.15) is 0 Å². The molecule has 0 aliphatic carbocycles. The van der Waals surface area contributed by atoms with Crippen molar-refractivity contribution in [2.75, 3.05) is 0 Å². The van der Waals surface area contributed by atoms with Gasteiger partial charge < -0.3 is 0 Å². The highest BCUT2D eigenvalue weighted by molar-refractivity contribution is 7.80. The smallest absolute Gasteiger partial charge is 0.234 e. The van der Waals surface area contributed by atoms with Crippen molar-refractivity contribution in [2.24, 2.45) is 0 Å². The lowest BCUT2D eigenvalue weighted by molar-refractivity contribution is 0.151. The normalized spacial score (nSPS) is 11.5. The van der Waals surface area contributed by atoms with Gasteiger partial charge in [-0.3, -0.25) is 0 Å². The van der Waals surface area contributed by atoms with Crippen LogP contribution in [0.15, 0.2) is 17.0 Å². The molecule has 0 atom stereocenters. The van der Waals surface area contributed by atoms with E-state index in [1.165, 1.54) is 6.07 Å². The Morgan fingerprint density at radius 2 is 2.07 bits per heavy atom. The highest BCUT2D eigenvalue weighted by Crippen LogP contribution is 2.32. The summed E-state index contributed by atoms with van der Waals surface area (Å²) in [5.74, 6) is -0.494. The molecule has 0 bridgehead atoms. The second-order valence-electron chi connectivity index (χ2n) is 2.62. The van der Waals surface area contributed by atoms with Gasteiger partial charge in [0.15, 0.2) is 5.01 Å². The number of thiazole rings is 1. The molecule has 0 radical (unpaired) electrons. The molecule has 0 saturated heterocycles. The van der Waals surface area contributed by atoms with E-state index < -0.39 is 12.2 Å². The lowest BCUT2D eigenvalue weighted by Crippen LogP contribution is -1.80. The molecular weight excluding hydrogens is 231 g/mol. The monoisotopic (exact) mass is 235 g/mol. The van der Waals surface area contributed by atoms with Gasteiger partial charge in [-0.15, -0.1) is 24.0 Å². The fraction of sp³-hybridized carbons (Fsp3) is 0.125. The molecule has 0 aliphatic heterocycles. The highest BCUT2D eigenvalue weighted by atomic mass is 32.1. The molecule has 2 rings (SSSR count). The predicted octanol–water partition coefficient (Wildman–Crippen LogP) is 3.66. The van der Waals surface area contributed by atoms with E-state index in [0.29, 0.717) is 10.2 Å². The van der Waals surface area contributed by atoms with Crippen LogP contribution >= 0.6 is 24.0 Å². The van der Waals surface area contributed by atoms with Gasteiger partial charge in [-0.05, 0) is 12.1 Å². The first-order chi connectivity index (χ1) is 6.58. The van der Waals surface area contributed by atoms with Crippen LogP contribution in [0.5, 0.6) is 0 Å². The Morgan fingerprint density at radius 3 is 2.71 bits per heavy atom. The summed E-state index contributed by atoms with van der Waals surface area (Å²) in [5, 5.41) is -0.305. The Morgan fingerprint density at radius 1 is 1.36 bits per heavy atom. The average Bonchev–Trinajstić information content (AvgIpc) is 2.47. The van der Waals surface area contributed by atoms with Crippen molar-refractivity contribution < 1.29 is 13.2 Å². The van der Waals surface area contributed by atoms with Gasteiger partial charge in [-0.1, -0.05) is 0 Å². The molecule has 0 spiro atoms. The zero-order valence-corrected chi connectivity index (χ0v) is 8.38. The number of nitrogens with zero attached hydrogens (tertiary/aromatic N) is 1. The molecule has 1 aromatic carbocycles. The Balaban J connectivity index is 2.70. The van der Waals surface area contributed by atoms with E-state index in [9.17, 15) is 13.2 Å². The Hall–Kier alpha value is -0.750. The lowest BCUT2D eigenvalue weighted by Gasteiger charge is -1.92. The largest absolute Gasteiger partial charge is 0.289 e. The summed E-state index contributed by atoms with van der Waals surface area (Å²) >= 11 is 4.74. The van der Waals surface area contributed by atoms with Gasteiger partial charge in [-0.25, -0.2) is 18.2 Å². The summed E-state index contributed by atoms with van der Waals surface area (Å²) in [6.45, 7) is 0. The number of rotatable bonds is 1. The standard InChI is InChI=1S/C8H4F3NS2/c9-3-1-4(13)6-5(2-3)14-8(12-6)7(10)11/h1-2,7,13H. The van der Waals surface area contributed by atoms with Gasteiger partial charge in [0.1, 0.15) is 5.82 Å². The fourth-order valence-corrected chi connectivity index (χ4v) is 2.33. The number of hydrogen-bond acceptors (Lipinski definition) is 3. The number of thiol groups is 1. The summed E-state index contributed by atoms with van der Waals surface area (Å²) in [4.78, 5) is 3.96. The topological polar surface area (TPSA) is 12.9 Å². The summed E-state index contributed by atoms with van der Waals surface area (Å²) < 4.78 is 37.8. The van der Waals surface area contributed by atoms with Crippen LogP contribution in [0, 0.1) is 5.82 Å². The van der Waals surface area contributed by atoms with Crippen molar-refractivity contribution in [3.8, 4) is 0 Å². The van der Waals surface area contributed by atoms with E-state index in [-0.39, 0.29) is 9.90 Å². The fourth-order valence-electron chi connectivity index (χ4n) is 1.09. The van der Waals surface area contributed by atoms with Crippen LogP contribution in [-0.4, -0.2) is 4.98 Å². The minimum atomic E-state index is -2.62. The maximum absolute atomic E-state index is 12.9. The molecular formula is C8H4F3NS2. The second kappa shape index (κ2) is 3.43. The number of alkyl halides is 2. The van der Waals surface area contributed by atoms with Crippen LogP contribution in [0.2, 0.25) is 0 Å². The number of benzene rings is 1. The van der Waals surface area contributed by atoms with Crippen molar-refractivity contribution in [2.45, 2.75) is 11.3 Å². The van der Waals surface area contributed by atoms with Crippen molar-refractivity contribution in [3.05, 3.63) is 23.0 Å². The molecule has 0 aliphatic rings. The van der Waals surface area contributed by atoms with E-state index in [2.05, 4.69) is 17.6 Å². The van der Waals surface area contributed by atoms with Gasteiger partial charge in [0, 0.05) is 4.90 Å². The third-order valence-corrected chi connectivity index (χ3v) is 2.99. The van der Waals surface area contributed by atoms with E-state index in [0.717, 1.165) is 17.4 Å². The Kier molecular flexibility index (Phi) is 2.40. The van der Waals surface area contributed by atoms with Gasteiger partial charge >= 0.3 is 0 Å². The van der Waals surface area contributed by atoms with E-state index in [1.807, 2.05) is 0 Å². The number of aromatic nitrogens is 1.